The maximum Gasteiger partial charge on any atom is 0.339 e. The van der Waals surface area contributed by atoms with Gasteiger partial charge in [0.2, 0.25) is 0 Å². The molecule has 0 bridgehead atoms. The Kier molecular flexibility index (Phi) is 5.88. The van der Waals surface area contributed by atoms with E-state index in [4.69, 9.17) is 5.73 Å². The Morgan fingerprint density at radius 1 is 1.56 bits per heavy atom. The van der Waals surface area contributed by atoms with E-state index in [0.29, 0.717) is 5.56 Å². The van der Waals surface area contributed by atoms with Crippen molar-refractivity contribution in [1.29, 1.82) is 0 Å². The normalized spacial score (nSPS) is 10.1. The Labute approximate surface area is 99.6 Å². The van der Waals surface area contributed by atoms with Crippen molar-refractivity contribution in [2.45, 2.75) is 12.2 Å². The Bertz CT molecular complexity index is 327. The summed E-state index contributed by atoms with van der Waals surface area (Å²) in [5.74, 6) is 1.54. The van der Waals surface area contributed by atoms with Crippen molar-refractivity contribution in [3.8, 4) is 0 Å². The Morgan fingerprint density at radius 2 is 2.38 bits per heavy atom. The van der Waals surface area contributed by atoms with E-state index in [1.165, 1.54) is 7.11 Å². The van der Waals surface area contributed by atoms with E-state index in [-0.39, 0.29) is 5.97 Å². The molecule has 1 rings (SSSR count). The van der Waals surface area contributed by atoms with Gasteiger partial charge in [0.1, 0.15) is 0 Å². The highest BCUT2D eigenvalue weighted by Gasteiger charge is 2.05. The SMILES string of the molecule is COC(=O)c1ccc(CSCCCN)nc1. The zero-order chi connectivity index (χ0) is 11.8. The van der Waals surface area contributed by atoms with Crippen molar-refractivity contribution in [2.75, 3.05) is 19.4 Å². The molecule has 0 saturated heterocycles. The van der Waals surface area contributed by atoms with Crippen LogP contribution in [0.4, 0.5) is 0 Å². The van der Waals surface area contributed by atoms with Crippen molar-refractivity contribution in [1.82, 2.24) is 4.98 Å². The highest BCUT2D eigenvalue weighted by Crippen LogP contribution is 2.11. The highest BCUT2D eigenvalue weighted by molar-refractivity contribution is 7.98. The molecule has 88 valence electrons. The number of carbonyl (C=O) groups is 1. The van der Waals surface area contributed by atoms with Crippen molar-refractivity contribution >= 4 is 17.7 Å². The molecule has 0 spiro atoms. The second kappa shape index (κ2) is 7.24. The molecule has 0 radical (unpaired) electrons. The molecule has 0 fully saturated rings. The van der Waals surface area contributed by atoms with Crippen molar-refractivity contribution < 1.29 is 9.53 Å². The summed E-state index contributed by atoms with van der Waals surface area (Å²) < 4.78 is 4.59. The number of nitrogens with two attached hydrogens (primary N) is 1. The zero-order valence-electron chi connectivity index (χ0n) is 9.31. The summed E-state index contributed by atoms with van der Waals surface area (Å²) in [4.78, 5) is 15.3. The summed E-state index contributed by atoms with van der Waals surface area (Å²) in [6.07, 6.45) is 2.57. The predicted molar refractivity (Wildman–Crippen MR) is 65.4 cm³/mol. The van der Waals surface area contributed by atoms with Crippen molar-refractivity contribution in [3.63, 3.8) is 0 Å². The molecule has 0 aliphatic heterocycles. The molecule has 1 aromatic heterocycles. The maximum atomic E-state index is 11.1. The van der Waals surface area contributed by atoms with Gasteiger partial charge in [-0.3, -0.25) is 4.98 Å². The molecule has 4 nitrogen and oxygen atoms in total. The molecule has 5 heteroatoms. The van der Waals surface area contributed by atoms with Gasteiger partial charge in [0.25, 0.3) is 0 Å². The van der Waals surface area contributed by atoms with Gasteiger partial charge in [-0.1, -0.05) is 0 Å². The van der Waals surface area contributed by atoms with Crippen LogP contribution in [0.2, 0.25) is 0 Å². The van der Waals surface area contributed by atoms with Gasteiger partial charge in [0.15, 0.2) is 0 Å². The van der Waals surface area contributed by atoms with Crippen LogP contribution in [0.15, 0.2) is 18.3 Å². The van der Waals surface area contributed by atoms with Gasteiger partial charge in [0.05, 0.1) is 18.4 Å². The van der Waals surface area contributed by atoms with E-state index in [9.17, 15) is 4.79 Å². The second-order valence-corrected chi connectivity index (χ2v) is 4.33. The monoisotopic (exact) mass is 240 g/mol. The van der Waals surface area contributed by atoms with Gasteiger partial charge in [-0.15, -0.1) is 0 Å². The standard InChI is InChI=1S/C11H16N2O2S/c1-15-11(14)9-3-4-10(13-7-9)8-16-6-2-5-12/h3-4,7H,2,5-6,8,12H2,1H3. The van der Waals surface area contributed by atoms with Crippen LogP contribution in [0.3, 0.4) is 0 Å². The Morgan fingerprint density at radius 3 is 2.94 bits per heavy atom. The fraction of sp³-hybridized carbons (Fsp3) is 0.455. The van der Waals surface area contributed by atoms with Crippen LogP contribution in [0.5, 0.6) is 0 Å². The molecular weight excluding hydrogens is 224 g/mol. The lowest BCUT2D eigenvalue weighted by atomic mass is 10.2. The van der Waals surface area contributed by atoms with Crippen LogP contribution >= 0.6 is 11.8 Å². The quantitative estimate of drug-likeness (QED) is 0.602. The van der Waals surface area contributed by atoms with E-state index in [2.05, 4.69) is 9.72 Å². The molecule has 0 atom stereocenters. The molecular formula is C11H16N2O2S. The van der Waals surface area contributed by atoms with E-state index in [1.807, 2.05) is 6.07 Å². The summed E-state index contributed by atoms with van der Waals surface area (Å²) in [5, 5.41) is 0. The molecule has 16 heavy (non-hydrogen) atoms. The third-order valence-electron chi connectivity index (χ3n) is 1.99. The third-order valence-corrected chi connectivity index (χ3v) is 3.07. The number of pyridine rings is 1. The van der Waals surface area contributed by atoms with Crippen molar-refractivity contribution in [3.05, 3.63) is 29.6 Å². The molecule has 0 aliphatic rings. The van der Waals surface area contributed by atoms with Gasteiger partial charge in [0, 0.05) is 11.9 Å². The van der Waals surface area contributed by atoms with Crippen LogP contribution in [0.25, 0.3) is 0 Å². The molecule has 1 aromatic rings. The van der Waals surface area contributed by atoms with Crippen LogP contribution in [0.1, 0.15) is 22.5 Å². The number of esters is 1. The summed E-state index contributed by atoms with van der Waals surface area (Å²) in [5.41, 5.74) is 6.85. The highest BCUT2D eigenvalue weighted by atomic mass is 32.2. The first-order valence-corrected chi connectivity index (χ1v) is 6.24. The molecule has 0 aliphatic carbocycles. The van der Waals surface area contributed by atoms with Gasteiger partial charge in [-0.25, -0.2) is 4.79 Å². The number of nitrogens with zero attached hydrogens (tertiary/aromatic N) is 1. The number of aromatic nitrogens is 1. The number of hydrogen-bond acceptors (Lipinski definition) is 5. The smallest absolute Gasteiger partial charge is 0.339 e. The summed E-state index contributed by atoms with van der Waals surface area (Å²) in [6, 6.07) is 3.58. The molecule has 1 heterocycles. The number of carbonyl (C=O) groups excluding carboxylic acids is 1. The fourth-order valence-electron chi connectivity index (χ4n) is 1.11. The van der Waals surface area contributed by atoms with Crippen LogP contribution in [0, 0.1) is 0 Å². The first kappa shape index (κ1) is 13.0. The average Bonchev–Trinajstić information content (AvgIpc) is 2.34. The average molecular weight is 240 g/mol. The number of methoxy groups -OCH3 is 1. The van der Waals surface area contributed by atoms with Gasteiger partial charge in [-0.2, -0.15) is 11.8 Å². The van der Waals surface area contributed by atoms with Gasteiger partial charge in [-0.05, 0) is 30.9 Å². The first-order valence-electron chi connectivity index (χ1n) is 5.09. The third kappa shape index (κ3) is 4.20. The largest absolute Gasteiger partial charge is 0.465 e. The lowest BCUT2D eigenvalue weighted by Gasteiger charge is -2.02. The zero-order valence-corrected chi connectivity index (χ0v) is 10.1. The Balaban J connectivity index is 2.42. The number of ether oxygens (including phenoxy) is 1. The van der Waals surface area contributed by atoms with Crippen LogP contribution in [-0.2, 0) is 10.5 Å². The number of hydrogen-bond donors (Lipinski definition) is 1. The summed E-state index contributed by atoms with van der Waals surface area (Å²) in [6.45, 7) is 0.724. The summed E-state index contributed by atoms with van der Waals surface area (Å²) in [7, 11) is 1.36. The second-order valence-electron chi connectivity index (χ2n) is 3.22. The molecule has 0 unspecified atom stereocenters. The molecule has 0 amide bonds. The minimum absolute atomic E-state index is 0.352. The van der Waals surface area contributed by atoms with E-state index < -0.39 is 0 Å². The maximum absolute atomic E-state index is 11.1. The molecule has 0 saturated carbocycles. The first-order chi connectivity index (χ1) is 7.77. The fourth-order valence-corrected chi connectivity index (χ4v) is 2.01. The lowest BCUT2D eigenvalue weighted by Crippen LogP contribution is -2.02. The molecule has 0 aromatic carbocycles. The van der Waals surface area contributed by atoms with Crippen LogP contribution < -0.4 is 5.73 Å². The van der Waals surface area contributed by atoms with E-state index in [1.54, 1.807) is 24.0 Å². The predicted octanol–water partition coefficient (Wildman–Crippen LogP) is 1.45. The van der Waals surface area contributed by atoms with Crippen molar-refractivity contribution in [2.24, 2.45) is 5.73 Å². The summed E-state index contributed by atoms with van der Waals surface area (Å²) >= 11 is 1.79. The Hall–Kier alpha value is -1.07. The van der Waals surface area contributed by atoms with E-state index >= 15 is 0 Å². The van der Waals surface area contributed by atoms with Gasteiger partial charge < -0.3 is 10.5 Å². The van der Waals surface area contributed by atoms with E-state index in [0.717, 1.165) is 30.2 Å². The minimum atomic E-state index is -0.352. The molecule has 2 N–H and O–H groups in total. The van der Waals surface area contributed by atoms with Gasteiger partial charge >= 0.3 is 5.97 Å². The number of thioether (sulfide) groups is 1. The lowest BCUT2D eigenvalue weighted by molar-refractivity contribution is 0.0600. The van der Waals surface area contributed by atoms with Crippen LogP contribution in [-0.4, -0.2) is 30.4 Å². The minimum Gasteiger partial charge on any atom is -0.465 e. The topological polar surface area (TPSA) is 65.2 Å². The number of rotatable bonds is 6.